The smallest absolute Gasteiger partial charge is 0.305 e. The molecule has 0 saturated carbocycles. The number of carbonyl (C=O) groups is 2. The van der Waals surface area contributed by atoms with Crippen LogP contribution >= 0.6 is 0 Å². The SMILES string of the molecule is CCS(=O)(=O)c1ccc(C)cc1C(=O)CCCC(=O)OC. The first-order valence-electron chi connectivity index (χ1n) is 6.75. The normalized spacial score (nSPS) is 11.2. The van der Waals surface area contributed by atoms with E-state index in [0.29, 0.717) is 6.42 Å². The van der Waals surface area contributed by atoms with Crippen molar-refractivity contribution in [3.63, 3.8) is 0 Å². The molecule has 0 unspecified atom stereocenters. The Balaban J connectivity index is 2.98. The first kappa shape index (κ1) is 17.4. The molecule has 0 radical (unpaired) electrons. The van der Waals surface area contributed by atoms with Gasteiger partial charge >= 0.3 is 5.97 Å². The number of ketones is 1. The summed E-state index contributed by atoms with van der Waals surface area (Å²) in [6.45, 7) is 3.34. The highest BCUT2D eigenvalue weighted by atomic mass is 32.2. The van der Waals surface area contributed by atoms with E-state index in [1.54, 1.807) is 26.0 Å². The van der Waals surface area contributed by atoms with E-state index in [1.165, 1.54) is 13.2 Å². The Kier molecular flexibility index (Phi) is 6.08. The maximum atomic E-state index is 12.2. The van der Waals surface area contributed by atoms with Crippen molar-refractivity contribution in [2.45, 2.75) is 38.0 Å². The molecule has 1 aromatic rings. The summed E-state index contributed by atoms with van der Waals surface area (Å²) in [4.78, 5) is 23.3. The van der Waals surface area contributed by atoms with E-state index in [4.69, 9.17) is 0 Å². The molecule has 1 rings (SSSR count). The zero-order valence-electron chi connectivity index (χ0n) is 12.5. The molecule has 0 saturated heterocycles. The highest BCUT2D eigenvalue weighted by molar-refractivity contribution is 7.91. The van der Waals surface area contributed by atoms with Crippen LogP contribution in [-0.2, 0) is 19.4 Å². The van der Waals surface area contributed by atoms with Gasteiger partial charge in [0.2, 0.25) is 0 Å². The molecule has 0 heterocycles. The minimum atomic E-state index is -3.45. The van der Waals surface area contributed by atoms with Crippen LogP contribution in [0.3, 0.4) is 0 Å². The monoisotopic (exact) mass is 312 g/mol. The molecule has 0 aromatic heterocycles. The Morgan fingerprint density at radius 3 is 2.43 bits per heavy atom. The number of Topliss-reactive ketones (excluding diaryl/α,β-unsaturated/α-hetero) is 1. The molecular formula is C15H20O5S. The molecule has 6 heteroatoms. The molecule has 0 aliphatic rings. The topological polar surface area (TPSA) is 77.5 Å². The van der Waals surface area contributed by atoms with Gasteiger partial charge in [0.05, 0.1) is 17.8 Å². The Bertz CT molecular complexity index is 631. The van der Waals surface area contributed by atoms with Gasteiger partial charge in [0.15, 0.2) is 15.6 Å². The molecule has 116 valence electrons. The van der Waals surface area contributed by atoms with E-state index in [9.17, 15) is 18.0 Å². The number of ether oxygens (including phenoxy) is 1. The predicted molar refractivity (Wildman–Crippen MR) is 79.1 cm³/mol. The minimum Gasteiger partial charge on any atom is -0.469 e. The summed E-state index contributed by atoms with van der Waals surface area (Å²) in [5.74, 6) is -0.707. The zero-order chi connectivity index (χ0) is 16.0. The molecule has 0 aliphatic heterocycles. The zero-order valence-corrected chi connectivity index (χ0v) is 13.3. The van der Waals surface area contributed by atoms with Crippen LogP contribution in [0.15, 0.2) is 23.1 Å². The van der Waals surface area contributed by atoms with Crippen molar-refractivity contribution in [1.82, 2.24) is 0 Å². The fourth-order valence-electron chi connectivity index (χ4n) is 1.92. The number of benzene rings is 1. The molecule has 0 fully saturated rings. The number of hydrogen-bond acceptors (Lipinski definition) is 5. The van der Waals surface area contributed by atoms with E-state index in [1.807, 2.05) is 0 Å². The summed E-state index contributed by atoms with van der Waals surface area (Å²) in [5, 5.41) is 0. The molecule has 21 heavy (non-hydrogen) atoms. The third kappa shape index (κ3) is 4.67. The van der Waals surface area contributed by atoms with Crippen molar-refractivity contribution in [3.05, 3.63) is 29.3 Å². The largest absolute Gasteiger partial charge is 0.469 e. The fourth-order valence-corrected chi connectivity index (χ4v) is 3.01. The lowest BCUT2D eigenvalue weighted by molar-refractivity contribution is -0.140. The average molecular weight is 312 g/mol. The van der Waals surface area contributed by atoms with Gasteiger partial charge in [-0.05, 0) is 25.5 Å². The second-order valence-electron chi connectivity index (χ2n) is 4.76. The lowest BCUT2D eigenvalue weighted by Gasteiger charge is -2.09. The lowest BCUT2D eigenvalue weighted by atomic mass is 10.0. The van der Waals surface area contributed by atoms with Gasteiger partial charge in [-0.1, -0.05) is 18.6 Å². The summed E-state index contributed by atoms with van der Waals surface area (Å²) in [6, 6.07) is 4.73. The molecule has 5 nitrogen and oxygen atoms in total. The van der Waals surface area contributed by atoms with Crippen molar-refractivity contribution in [2.24, 2.45) is 0 Å². The van der Waals surface area contributed by atoms with Crippen LogP contribution in [0.2, 0.25) is 0 Å². The van der Waals surface area contributed by atoms with Crippen molar-refractivity contribution >= 4 is 21.6 Å². The molecule has 0 atom stereocenters. The Labute approximate surface area is 125 Å². The van der Waals surface area contributed by atoms with Gasteiger partial charge in [-0.25, -0.2) is 8.42 Å². The summed E-state index contributed by atoms with van der Waals surface area (Å²) < 4.78 is 28.6. The standard InChI is InChI=1S/C15H20O5S/c1-4-21(18,19)14-9-8-11(2)10-12(14)13(16)6-5-7-15(17)20-3/h8-10H,4-7H2,1-3H3. The van der Waals surface area contributed by atoms with E-state index in [0.717, 1.165) is 5.56 Å². The molecule has 0 bridgehead atoms. The second kappa shape index (κ2) is 7.36. The van der Waals surface area contributed by atoms with E-state index in [-0.39, 0.29) is 40.8 Å². The minimum absolute atomic E-state index is 0.0570. The van der Waals surface area contributed by atoms with Crippen molar-refractivity contribution < 1.29 is 22.7 Å². The molecule has 1 aromatic carbocycles. The number of carbonyl (C=O) groups excluding carboxylic acids is 2. The van der Waals surface area contributed by atoms with Crippen LogP contribution in [0.4, 0.5) is 0 Å². The first-order valence-corrected chi connectivity index (χ1v) is 8.40. The van der Waals surface area contributed by atoms with E-state index >= 15 is 0 Å². The fraction of sp³-hybridized carbons (Fsp3) is 0.467. The van der Waals surface area contributed by atoms with Crippen molar-refractivity contribution in [3.8, 4) is 0 Å². The first-order chi connectivity index (χ1) is 9.81. The lowest BCUT2D eigenvalue weighted by Crippen LogP contribution is -2.12. The maximum Gasteiger partial charge on any atom is 0.305 e. The van der Waals surface area contributed by atoms with Crippen LogP contribution in [-0.4, -0.2) is 33.0 Å². The van der Waals surface area contributed by atoms with Crippen LogP contribution in [0, 0.1) is 6.92 Å². The van der Waals surface area contributed by atoms with Crippen LogP contribution in [0.25, 0.3) is 0 Å². The maximum absolute atomic E-state index is 12.2. The number of aryl methyl sites for hydroxylation is 1. The Morgan fingerprint density at radius 1 is 1.19 bits per heavy atom. The molecule has 0 aliphatic carbocycles. The van der Waals surface area contributed by atoms with Gasteiger partial charge in [-0.2, -0.15) is 0 Å². The summed E-state index contributed by atoms with van der Waals surface area (Å²) in [5.41, 5.74) is 1.03. The van der Waals surface area contributed by atoms with Gasteiger partial charge in [0.25, 0.3) is 0 Å². The molecule has 0 N–H and O–H groups in total. The van der Waals surface area contributed by atoms with Crippen LogP contribution in [0.5, 0.6) is 0 Å². The Morgan fingerprint density at radius 2 is 1.86 bits per heavy atom. The third-order valence-electron chi connectivity index (χ3n) is 3.16. The van der Waals surface area contributed by atoms with Crippen LogP contribution < -0.4 is 0 Å². The quantitative estimate of drug-likeness (QED) is 0.570. The highest BCUT2D eigenvalue weighted by Crippen LogP contribution is 2.21. The van der Waals surface area contributed by atoms with Crippen LogP contribution in [0.1, 0.15) is 42.1 Å². The second-order valence-corrected chi connectivity index (χ2v) is 7.00. The van der Waals surface area contributed by atoms with Gasteiger partial charge in [-0.15, -0.1) is 0 Å². The average Bonchev–Trinajstić information content (AvgIpc) is 2.46. The summed E-state index contributed by atoms with van der Waals surface area (Å²) in [6.07, 6.45) is 0.597. The number of rotatable bonds is 7. The van der Waals surface area contributed by atoms with E-state index < -0.39 is 9.84 Å². The third-order valence-corrected chi connectivity index (χ3v) is 4.95. The van der Waals surface area contributed by atoms with Gasteiger partial charge in [0, 0.05) is 18.4 Å². The van der Waals surface area contributed by atoms with Crippen molar-refractivity contribution in [2.75, 3.05) is 12.9 Å². The summed E-state index contributed by atoms with van der Waals surface area (Å²) >= 11 is 0. The number of hydrogen-bond donors (Lipinski definition) is 0. The molecular weight excluding hydrogens is 292 g/mol. The molecule has 0 amide bonds. The highest BCUT2D eigenvalue weighted by Gasteiger charge is 2.21. The predicted octanol–water partition coefficient (Wildman–Crippen LogP) is 2.31. The number of methoxy groups -OCH3 is 1. The van der Waals surface area contributed by atoms with Gasteiger partial charge in [-0.3, -0.25) is 9.59 Å². The number of sulfone groups is 1. The van der Waals surface area contributed by atoms with Gasteiger partial charge < -0.3 is 4.74 Å². The number of esters is 1. The molecule has 0 spiro atoms. The van der Waals surface area contributed by atoms with E-state index in [2.05, 4.69) is 4.74 Å². The van der Waals surface area contributed by atoms with Crippen molar-refractivity contribution in [1.29, 1.82) is 0 Å². The Hall–Kier alpha value is -1.69. The summed E-state index contributed by atoms with van der Waals surface area (Å²) in [7, 11) is -2.16. The van der Waals surface area contributed by atoms with Gasteiger partial charge in [0.1, 0.15) is 0 Å².